The van der Waals surface area contributed by atoms with Crippen LogP contribution in [-0.2, 0) is 31.3 Å². The van der Waals surface area contributed by atoms with Crippen LogP contribution in [0.2, 0.25) is 0 Å². The van der Waals surface area contributed by atoms with E-state index in [0.717, 1.165) is 11.9 Å². The van der Waals surface area contributed by atoms with Crippen molar-refractivity contribution in [3.8, 4) is 0 Å². The number of carbonyl (C=O) groups is 1. The molecule has 1 aliphatic rings. The average Bonchev–Trinajstić information content (AvgIpc) is 2.97. The minimum atomic E-state index is -4.10. The van der Waals surface area contributed by atoms with E-state index in [1.807, 2.05) is 30.3 Å². The van der Waals surface area contributed by atoms with E-state index in [2.05, 4.69) is 19.3 Å². The molecule has 4 aromatic rings. The monoisotopic (exact) mass is 593 g/mol. The summed E-state index contributed by atoms with van der Waals surface area (Å²) in [5.41, 5.74) is 2.13. The molecular weight excluding hydrogens is 562 g/mol. The molecule has 2 heterocycles. The first kappa shape index (κ1) is 28.5. The summed E-state index contributed by atoms with van der Waals surface area (Å²) in [5.74, 6) is -0.318. The van der Waals surface area contributed by atoms with Gasteiger partial charge >= 0.3 is 0 Å². The van der Waals surface area contributed by atoms with Crippen LogP contribution in [0.15, 0.2) is 96.2 Å². The summed E-state index contributed by atoms with van der Waals surface area (Å²) >= 11 is 0. The molecular formula is C29H31N5O5S2. The van der Waals surface area contributed by atoms with Gasteiger partial charge in [-0.25, -0.2) is 16.8 Å². The number of carbonyl (C=O) groups excluding carboxylic acids is 1. The van der Waals surface area contributed by atoms with Crippen molar-refractivity contribution in [2.24, 2.45) is 0 Å². The number of nitrogens with one attached hydrogen (secondary N) is 2. The maximum atomic E-state index is 13.9. The van der Waals surface area contributed by atoms with E-state index in [0.29, 0.717) is 48.2 Å². The number of benzene rings is 3. The van der Waals surface area contributed by atoms with Crippen molar-refractivity contribution in [1.29, 1.82) is 0 Å². The van der Waals surface area contributed by atoms with E-state index in [4.69, 9.17) is 0 Å². The minimum Gasteiger partial charge on any atom is -0.368 e. The zero-order chi connectivity index (χ0) is 29.0. The highest BCUT2D eigenvalue weighted by Crippen LogP contribution is 2.23. The second-order valence-electron chi connectivity index (χ2n) is 9.95. The maximum absolute atomic E-state index is 13.9. The molecule has 1 atom stereocenters. The Morgan fingerprint density at radius 3 is 2.27 bits per heavy atom. The van der Waals surface area contributed by atoms with Crippen molar-refractivity contribution in [1.82, 2.24) is 14.6 Å². The number of hydrogen-bond donors (Lipinski definition) is 2. The molecule has 12 heteroatoms. The molecule has 5 rings (SSSR count). The summed E-state index contributed by atoms with van der Waals surface area (Å²) in [6.45, 7) is 2.14. The highest BCUT2D eigenvalue weighted by molar-refractivity contribution is 7.92. The number of amides is 1. The van der Waals surface area contributed by atoms with Crippen LogP contribution in [0.3, 0.4) is 0 Å². The smallest absolute Gasteiger partial charge is 0.241 e. The third-order valence-electron chi connectivity index (χ3n) is 6.94. The van der Waals surface area contributed by atoms with E-state index >= 15 is 0 Å². The predicted octanol–water partition coefficient (Wildman–Crippen LogP) is 2.84. The number of nitrogens with zero attached hydrogens (tertiary/aromatic N) is 3. The predicted molar refractivity (Wildman–Crippen MR) is 160 cm³/mol. The van der Waals surface area contributed by atoms with Crippen LogP contribution in [0.5, 0.6) is 0 Å². The summed E-state index contributed by atoms with van der Waals surface area (Å²) in [6.07, 6.45) is 4.27. The molecule has 41 heavy (non-hydrogen) atoms. The molecule has 10 nitrogen and oxygen atoms in total. The molecule has 0 radical (unpaired) electrons. The van der Waals surface area contributed by atoms with Crippen LogP contribution >= 0.6 is 0 Å². The molecule has 214 valence electrons. The van der Waals surface area contributed by atoms with Gasteiger partial charge in [0.05, 0.1) is 11.2 Å². The number of hydrogen-bond acceptors (Lipinski definition) is 7. The molecule has 3 aromatic carbocycles. The van der Waals surface area contributed by atoms with Gasteiger partial charge in [-0.2, -0.15) is 4.72 Å². The Morgan fingerprint density at radius 2 is 1.59 bits per heavy atom. The first-order valence-electron chi connectivity index (χ1n) is 13.1. The summed E-state index contributed by atoms with van der Waals surface area (Å²) in [6, 6.07) is 22.0. The van der Waals surface area contributed by atoms with Crippen molar-refractivity contribution in [2.45, 2.75) is 17.4 Å². The largest absolute Gasteiger partial charge is 0.368 e. The normalized spacial score (nSPS) is 15.0. The Balaban J connectivity index is 1.40. The van der Waals surface area contributed by atoms with Crippen LogP contribution < -0.4 is 14.3 Å². The van der Waals surface area contributed by atoms with Crippen molar-refractivity contribution >= 4 is 48.1 Å². The Morgan fingerprint density at radius 1 is 0.878 bits per heavy atom. The van der Waals surface area contributed by atoms with Crippen LogP contribution in [-0.4, -0.2) is 71.1 Å². The number of fused-ring (bicyclic) bond motifs is 1. The van der Waals surface area contributed by atoms with Gasteiger partial charge in [0.15, 0.2) is 0 Å². The minimum absolute atomic E-state index is 0.0665. The highest BCUT2D eigenvalue weighted by atomic mass is 32.2. The van der Waals surface area contributed by atoms with Gasteiger partial charge < -0.3 is 9.80 Å². The van der Waals surface area contributed by atoms with Gasteiger partial charge in [-0.3, -0.25) is 14.5 Å². The van der Waals surface area contributed by atoms with Crippen molar-refractivity contribution in [3.05, 3.63) is 96.8 Å². The summed E-state index contributed by atoms with van der Waals surface area (Å²) in [7, 11) is -7.55. The molecule has 0 spiro atoms. The van der Waals surface area contributed by atoms with Crippen LogP contribution in [0.1, 0.15) is 5.56 Å². The third-order valence-corrected chi connectivity index (χ3v) is 9.07. The number of para-hydroxylation sites is 1. The lowest BCUT2D eigenvalue weighted by Crippen LogP contribution is -2.55. The Kier molecular flexibility index (Phi) is 8.25. The molecule has 0 saturated carbocycles. The van der Waals surface area contributed by atoms with Gasteiger partial charge in [0, 0.05) is 60.7 Å². The second-order valence-corrected chi connectivity index (χ2v) is 13.4. The van der Waals surface area contributed by atoms with Gasteiger partial charge in [0.25, 0.3) is 0 Å². The molecule has 1 unspecified atom stereocenters. The first-order valence-corrected chi connectivity index (χ1v) is 16.5. The highest BCUT2D eigenvalue weighted by Gasteiger charge is 2.32. The standard InChI is InChI=1S/C29H31N5O5S2/c1-40(36,37)31-24-12-10-22(11-13-24)20-27(29(35)34-18-16-33(17-19-34)25-7-3-2-4-8-25)32-41(38,39)28-9-5-6-23-21-30-15-14-26(23)28/h2-15,21,27,31-32H,16-20H2,1H3. The fraction of sp³-hybridized carbons (Fsp3) is 0.241. The number of pyridine rings is 1. The fourth-order valence-corrected chi connectivity index (χ4v) is 6.94. The lowest BCUT2D eigenvalue weighted by Gasteiger charge is -2.37. The summed E-state index contributed by atoms with van der Waals surface area (Å²) < 4.78 is 55.6. The lowest BCUT2D eigenvalue weighted by atomic mass is 10.0. The Labute approximate surface area is 240 Å². The zero-order valence-electron chi connectivity index (χ0n) is 22.5. The zero-order valence-corrected chi connectivity index (χ0v) is 24.1. The van der Waals surface area contributed by atoms with Crippen LogP contribution in [0.25, 0.3) is 10.8 Å². The van der Waals surface area contributed by atoms with E-state index in [1.165, 1.54) is 12.3 Å². The van der Waals surface area contributed by atoms with Crippen LogP contribution in [0, 0.1) is 0 Å². The Hall–Kier alpha value is -4.00. The molecule has 1 saturated heterocycles. The van der Waals surface area contributed by atoms with Crippen molar-refractivity contribution in [3.63, 3.8) is 0 Å². The lowest BCUT2D eigenvalue weighted by molar-refractivity contribution is -0.133. The van der Waals surface area contributed by atoms with Gasteiger partial charge in [-0.1, -0.05) is 42.5 Å². The first-order chi connectivity index (χ1) is 19.6. The van der Waals surface area contributed by atoms with Crippen molar-refractivity contribution in [2.75, 3.05) is 42.1 Å². The van der Waals surface area contributed by atoms with E-state index in [-0.39, 0.29) is 17.2 Å². The van der Waals surface area contributed by atoms with Gasteiger partial charge in [-0.05, 0) is 48.4 Å². The molecule has 1 aliphatic heterocycles. The van der Waals surface area contributed by atoms with Gasteiger partial charge in [0.2, 0.25) is 26.0 Å². The fourth-order valence-electron chi connectivity index (χ4n) is 4.96. The van der Waals surface area contributed by atoms with E-state index in [1.54, 1.807) is 53.6 Å². The van der Waals surface area contributed by atoms with Gasteiger partial charge in [0.1, 0.15) is 6.04 Å². The topological polar surface area (TPSA) is 129 Å². The molecule has 1 fully saturated rings. The number of anilines is 2. The van der Waals surface area contributed by atoms with E-state index in [9.17, 15) is 21.6 Å². The number of sulfonamides is 2. The number of aromatic nitrogens is 1. The van der Waals surface area contributed by atoms with Crippen molar-refractivity contribution < 1.29 is 21.6 Å². The molecule has 1 amide bonds. The average molecular weight is 594 g/mol. The molecule has 2 N–H and O–H groups in total. The Bertz CT molecular complexity index is 1730. The quantitative estimate of drug-likeness (QED) is 0.305. The molecule has 0 aliphatic carbocycles. The molecule has 1 aromatic heterocycles. The number of piperazine rings is 1. The van der Waals surface area contributed by atoms with Crippen LogP contribution in [0.4, 0.5) is 11.4 Å². The van der Waals surface area contributed by atoms with Gasteiger partial charge in [-0.15, -0.1) is 0 Å². The maximum Gasteiger partial charge on any atom is 0.241 e. The van der Waals surface area contributed by atoms with E-state index < -0.39 is 26.1 Å². The summed E-state index contributed by atoms with van der Waals surface area (Å²) in [4.78, 5) is 21.9. The SMILES string of the molecule is CS(=O)(=O)Nc1ccc(CC(NS(=O)(=O)c2cccc3cnccc23)C(=O)N2CCN(c3ccccc3)CC2)cc1. The summed E-state index contributed by atoms with van der Waals surface area (Å²) in [5, 5.41) is 1.18. The molecule has 0 bridgehead atoms. The number of rotatable bonds is 9. The second kappa shape index (κ2) is 11.9. The third kappa shape index (κ3) is 7.02.